The van der Waals surface area contributed by atoms with Gasteiger partial charge in [0.05, 0.1) is 19.3 Å². The Morgan fingerprint density at radius 1 is 1.08 bits per heavy atom. The summed E-state index contributed by atoms with van der Waals surface area (Å²) in [7, 11) is 0. The van der Waals surface area contributed by atoms with E-state index in [2.05, 4.69) is 0 Å². The Kier molecular flexibility index (Phi) is 7.12. The first-order chi connectivity index (χ1) is 18.2. The van der Waals surface area contributed by atoms with Gasteiger partial charge in [-0.2, -0.15) is 22.0 Å². The molecule has 2 N–H and O–H groups in total. The van der Waals surface area contributed by atoms with E-state index in [9.17, 15) is 23.1 Å². The summed E-state index contributed by atoms with van der Waals surface area (Å²) in [5.41, 5.74) is -0.241. The van der Waals surface area contributed by atoms with Crippen molar-refractivity contribution in [1.82, 2.24) is 0 Å². The minimum atomic E-state index is -5.87. The number of carbonyl (C=O) groups excluding carboxylic acids is 1. The average molecular weight is 555 g/mol. The summed E-state index contributed by atoms with van der Waals surface area (Å²) in [6.07, 6.45) is -3.09. The van der Waals surface area contributed by atoms with Gasteiger partial charge in [-0.05, 0) is 85.6 Å². The lowest BCUT2D eigenvalue weighted by molar-refractivity contribution is -0.362. The maximum absolute atomic E-state index is 15.1. The Morgan fingerprint density at radius 2 is 1.77 bits per heavy atom. The molecule has 0 spiro atoms. The molecule has 1 aromatic rings. The summed E-state index contributed by atoms with van der Waals surface area (Å²) in [5, 5.41) is 20.4. The highest BCUT2D eigenvalue weighted by Gasteiger charge is 2.79. The summed E-state index contributed by atoms with van der Waals surface area (Å²) < 4.78 is 76.8. The van der Waals surface area contributed by atoms with Crippen molar-refractivity contribution >= 4 is 5.78 Å². The van der Waals surface area contributed by atoms with Crippen LogP contribution >= 0.6 is 0 Å². The molecule has 0 aliphatic heterocycles. The van der Waals surface area contributed by atoms with Gasteiger partial charge in [-0.1, -0.05) is 36.8 Å². The number of benzene rings is 1. The predicted octanol–water partition coefficient (Wildman–Crippen LogP) is 6.58. The maximum Gasteiger partial charge on any atom is 0.456 e. The third-order valence-corrected chi connectivity index (χ3v) is 10.0. The van der Waals surface area contributed by atoms with Crippen molar-refractivity contribution in [1.29, 1.82) is 0 Å². The van der Waals surface area contributed by atoms with Crippen molar-refractivity contribution in [3.63, 3.8) is 0 Å². The molecule has 4 unspecified atom stereocenters. The normalized spacial score (nSPS) is 33.8. The second kappa shape index (κ2) is 9.77. The van der Waals surface area contributed by atoms with Crippen molar-refractivity contribution in [2.75, 3.05) is 13.2 Å². The Bertz CT molecular complexity index is 1190. The van der Waals surface area contributed by atoms with E-state index in [1.54, 1.807) is 6.08 Å². The molecule has 39 heavy (non-hydrogen) atoms. The van der Waals surface area contributed by atoms with E-state index in [1.165, 1.54) is 6.92 Å². The van der Waals surface area contributed by atoms with Gasteiger partial charge in [0, 0.05) is 17.8 Å². The fourth-order valence-corrected chi connectivity index (χ4v) is 8.04. The number of ketones is 1. The summed E-state index contributed by atoms with van der Waals surface area (Å²) in [4.78, 5) is 12.2. The van der Waals surface area contributed by atoms with Gasteiger partial charge in [-0.15, -0.1) is 0 Å². The van der Waals surface area contributed by atoms with Crippen LogP contribution in [0.2, 0.25) is 0 Å². The molecule has 2 saturated carbocycles. The van der Waals surface area contributed by atoms with Crippen LogP contribution in [0.25, 0.3) is 0 Å². The van der Waals surface area contributed by atoms with E-state index in [0.717, 1.165) is 27.8 Å². The number of allylic oxidation sites excluding steroid dienone is 4. The lowest BCUT2D eigenvalue weighted by Gasteiger charge is -2.56. The van der Waals surface area contributed by atoms with Crippen LogP contribution < -0.4 is 0 Å². The largest absolute Gasteiger partial charge is 0.456 e. The molecule has 4 aliphatic carbocycles. The zero-order chi connectivity index (χ0) is 28.4. The zero-order valence-electron chi connectivity index (χ0n) is 22.2. The van der Waals surface area contributed by atoms with E-state index < -0.39 is 41.4 Å². The number of aliphatic hydroxyl groups is 2. The number of alkyl halides is 5. The third kappa shape index (κ3) is 4.30. The Labute approximate surface area is 224 Å². The molecule has 0 radical (unpaired) electrons. The van der Waals surface area contributed by atoms with E-state index in [0.29, 0.717) is 25.7 Å². The molecule has 4 nitrogen and oxygen atoms in total. The SMILES string of the molecule is CC(OCCO)c1ccc(C2C[C@@]3(C)C(CC[C@@]3(O)C(F)(F)C(F)(F)F)C3CCC4=CC(=O)CCC4=C23)cc1. The first-order valence-corrected chi connectivity index (χ1v) is 13.7. The van der Waals surface area contributed by atoms with Crippen LogP contribution in [0.15, 0.2) is 47.1 Å². The van der Waals surface area contributed by atoms with Gasteiger partial charge < -0.3 is 14.9 Å². The number of aliphatic hydroxyl groups excluding tert-OH is 1. The van der Waals surface area contributed by atoms with Gasteiger partial charge in [0.1, 0.15) is 5.60 Å². The number of hydrogen-bond donors (Lipinski definition) is 2. The molecule has 4 aliphatic rings. The molecule has 0 heterocycles. The predicted molar refractivity (Wildman–Crippen MR) is 134 cm³/mol. The van der Waals surface area contributed by atoms with Crippen LogP contribution in [0.4, 0.5) is 22.0 Å². The molecule has 2 fully saturated rings. The number of ether oxygens (including phenoxy) is 1. The van der Waals surface area contributed by atoms with Crippen LogP contribution in [-0.2, 0) is 9.53 Å². The van der Waals surface area contributed by atoms with Crippen LogP contribution in [-0.4, -0.2) is 46.9 Å². The molecule has 1 aromatic carbocycles. The third-order valence-electron chi connectivity index (χ3n) is 10.0. The highest BCUT2D eigenvalue weighted by atomic mass is 19.4. The Hall–Kier alpha value is -2.10. The molecule has 0 saturated heterocycles. The minimum Gasteiger partial charge on any atom is -0.394 e. The van der Waals surface area contributed by atoms with Gasteiger partial charge in [0.2, 0.25) is 0 Å². The maximum atomic E-state index is 15.1. The van der Waals surface area contributed by atoms with Crippen molar-refractivity contribution in [3.8, 4) is 0 Å². The van der Waals surface area contributed by atoms with Crippen molar-refractivity contribution in [2.45, 2.75) is 88.5 Å². The highest BCUT2D eigenvalue weighted by Crippen LogP contribution is 2.70. The lowest BCUT2D eigenvalue weighted by atomic mass is 9.50. The van der Waals surface area contributed by atoms with Gasteiger partial charge in [-0.25, -0.2) is 0 Å². The molecule has 0 bridgehead atoms. The van der Waals surface area contributed by atoms with Gasteiger partial charge in [-0.3, -0.25) is 4.79 Å². The van der Waals surface area contributed by atoms with Crippen LogP contribution in [0.5, 0.6) is 0 Å². The highest BCUT2D eigenvalue weighted by molar-refractivity contribution is 5.93. The summed E-state index contributed by atoms with van der Waals surface area (Å²) in [5.74, 6) is -6.46. The number of rotatable bonds is 6. The standard InChI is InChI=1S/C30H35F5O4/c1-17(39-14-13-36)18-3-5-19(6-4-18)24-16-27(2)25(11-12-28(27,38)29(31,32)30(33,34)35)23-9-7-20-15-21(37)8-10-22(20)26(23)24/h3-6,15,17,23-25,36,38H,7-14,16H2,1-2H3/t17?,23?,24?,25?,27-,28-/m0/s1. The van der Waals surface area contributed by atoms with E-state index in [1.807, 2.05) is 31.2 Å². The smallest absolute Gasteiger partial charge is 0.394 e. The van der Waals surface area contributed by atoms with Gasteiger partial charge in [0.25, 0.3) is 0 Å². The van der Waals surface area contributed by atoms with Gasteiger partial charge in [0.15, 0.2) is 5.78 Å². The van der Waals surface area contributed by atoms with Gasteiger partial charge >= 0.3 is 12.1 Å². The number of carbonyl (C=O) groups is 1. The average Bonchev–Trinajstić information content (AvgIpc) is 3.17. The zero-order valence-corrected chi connectivity index (χ0v) is 22.2. The lowest BCUT2D eigenvalue weighted by Crippen LogP contribution is -2.65. The first kappa shape index (κ1) is 28.4. The number of hydrogen-bond acceptors (Lipinski definition) is 4. The molecular formula is C30H35F5O4. The second-order valence-corrected chi connectivity index (χ2v) is 11.9. The van der Waals surface area contributed by atoms with Crippen molar-refractivity contribution in [3.05, 3.63) is 58.2 Å². The van der Waals surface area contributed by atoms with Crippen LogP contribution in [0.3, 0.4) is 0 Å². The molecule has 6 atom stereocenters. The molecule has 5 rings (SSSR count). The Balaban J connectivity index is 1.62. The monoisotopic (exact) mass is 554 g/mol. The molecule has 9 heteroatoms. The minimum absolute atomic E-state index is 0.0475. The molecule has 214 valence electrons. The summed E-state index contributed by atoms with van der Waals surface area (Å²) in [6, 6.07) is 7.41. The number of halogens is 5. The first-order valence-electron chi connectivity index (χ1n) is 13.7. The molecule has 0 aromatic heterocycles. The fourth-order valence-electron chi connectivity index (χ4n) is 8.04. The molecule has 0 amide bonds. The van der Waals surface area contributed by atoms with Crippen LogP contribution in [0, 0.1) is 17.3 Å². The van der Waals surface area contributed by atoms with Crippen molar-refractivity contribution in [2.24, 2.45) is 17.3 Å². The topological polar surface area (TPSA) is 66.8 Å². The summed E-state index contributed by atoms with van der Waals surface area (Å²) in [6.45, 7) is 3.32. The number of fused-ring (bicyclic) bond motifs is 4. The summed E-state index contributed by atoms with van der Waals surface area (Å²) >= 11 is 0. The van der Waals surface area contributed by atoms with Crippen LogP contribution in [0.1, 0.15) is 81.9 Å². The van der Waals surface area contributed by atoms with E-state index >= 15 is 8.78 Å². The second-order valence-electron chi connectivity index (χ2n) is 11.9. The van der Waals surface area contributed by atoms with E-state index in [-0.39, 0.29) is 43.9 Å². The fraction of sp³-hybridized carbons (Fsp3) is 0.633. The van der Waals surface area contributed by atoms with E-state index in [4.69, 9.17) is 9.84 Å². The molecular weight excluding hydrogens is 519 g/mol. The quantitative estimate of drug-likeness (QED) is 0.390. The Morgan fingerprint density at radius 3 is 2.41 bits per heavy atom. The van der Waals surface area contributed by atoms with Crippen molar-refractivity contribution < 1.29 is 41.7 Å².